The third-order valence-corrected chi connectivity index (χ3v) is 8.71. The van der Waals surface area contributed by atoms with Crippen molar-refractivity contribution in [2.24, 2.45) is 0 Å². The zero-order valence-corrected chi connectivity index (χ0v) is 22.8. The number of rotatable bonds is 8. The minimum Gasteiger partial charge on any atom is -0.496 e. The Morgan fingerprint density at radius 1 is 0.923 bits per heavy atom. The number of hydrogen-bond donors (Lipinski definition) is 1. The van der Waals surface area contributed by atoms with Gasteiger partial charge in [0.1, 0.15) is 5.75 Å². The standard InChI is InChI=1S/C32H38N4O3/c1-39-29-14-5-3-11-25(29)30-28-13-6-7-18-35(28)32(38)36(31(30)37)19-9-8-17-34-20-15-23(16-21-34)26-22-33-27-12-4-2-10-24(26)27/h2-5,10-12,14,22-23,33H,6-9,13,15-21H2,1H3. The van der Waals surface area contributed by atoms with Gasteiger partial charge in [0.25, 0.3) is 5.56 Å². The molecule has 39 heavy (non-hydrogen) atoms. The summed E-state index contributed by atoms with van der Waals surface area (Å²) in [7, 11) is 1.63. The zero-order chi connectivity index (χ0) is 26.8. The number of hydrogen-bond acceptors (Lipinski definition) is 4. The molecule has 0 atom stereocenters. The molecule has 2 aromatic heterocycles. The first kappa shape index (κ1) is 25.7. The lowest BCUT2D eigenvalue weighted by Crippen LogP contribution is -2.44. The Hall–Kier alpha value is -3.58. The van der Waals surface area contributed by atoms with Crippen molar-refractivity contribution in [3.8, 4) is 16.9 Å². The number of unbranched alkanes of at least 4 members (excludes halogenated alkanes) is 1. The molecule has 0 aliphatic carbocycles. The summed E-state index contributed by atoms with van der Waals surface area (Å²) in [6, 6.07) is 16.2. The van der Waals surface area contributed by atoms with E-state index in [4.69, 9.17) is 4.74 Å². The molecule has 0 unspecified atom stereocenters. The van der Waals surface area contributed by atoms with Gasteiger partial charge in [-0.25, -0.2) is 4.79 Å². The van der Waals surface area contributed by atoms with Crippen LogP contribution in [0, 0.1) is 0 Å². The van der Waals surface area contributed by atoms with Crippen molar-refractivity contribution in [1.29, 1.82) is 0 Å². The van der Waals surface area contributed by atoms with Gasteiger partial charge in [-0.1, -0.05) is 36.4 Å². The van der Waals surface area contributed by atoms with Crippen molar-refractivity contribution >= 4 is 10.9 Å². The van der Waals surface area contributed by atoms with E-state index in [0.29, 0.717) is 30.3 Å². The van der Waals surface area contributed by atoms with Crippen LogP contribution in [0.3, 0.4) is 0 Å². The molecule has 6 rings (SSSR count). The Kier molecular flexibility index (Phi) is 7.42. The summed E-state index contributed by atoms with van der Waals surface area (Å²) in [5, 5.41) is 1.35. The SMILES string of the molecule is COc1ccccc1-c1c2n(c(=O)n(CCCCN3CCC(c4c[nH]c5ccccc45)CC3)c1=O)CCCC2. The van der Waals surface area contributed by atoms with E-state index in [1.54, 1.807) is 7.11 Å². The van der Waals surface area contributed by atoms with E-state index in [0.717, 1.165) is 75.8 Å². The predicted molar refractivity (Wildman–Crippen MR) is 156 cm³/mol. The van der Waals surface area contributed by atoms with Crippen LogP contribution in [-0.4, -0.2) is 45.8 Å². The van der Waals surface area contributed by atoms with E-state index in [-0.39, 0.29) is 11.2 Å². The van der Waals surface area contributed by atoms with Crippen LogP contribution in [0.25, 0.3) is 22.0 Å². The van der Waals surface area contributed by atoms with Crippen LogP contribution < -0.4 is 16.0 Å². The third-order valence-electron chi connectivity index (χ3n) is 8.71. The number of nitrogens with one attached hydrogen (secondary N) is 1. The molecular weight excluding hydrogens is 488 g/mol. The highest BCUT2D eigenvalue weighted by Gasteiger charge is 2.25. The minimum atomic E-state index is -0.183. The number of methoxy groups -OCH3 is 1. The van der Waals surface area contributed by atoms with Gasteiger partial charge in [0.15, 0.2) is 0 Å². The molecule has 4 aromatic rings. The fraction of sp³-hybridized carbons (Fsp3) is 0.438. The van der Waals surface area contributed by atoms with Gasteiger partial charge in [-0.3, -0.25) is 13.9 Å². The summed E-state index contributed by atoms with van der Waals surface area (Å²) in [5.74, 6) is 1.27. The topological polar surface area (TPSA) is 72.3 Å². The highest BCUT2D eigenvalue weighted by Crippen LogP contribution is 2.33. The highest BCUT2D eigenvalue weighted by atomic mass is 16.5. The maximum atomic E-state index is 13.7. The first-order valence-corrected chi connectivity index (χ1v) is 14.4. The van der Waals surface area contributed by atoms with E-state index < -0.39 is 0 Å². The fourth-order valence-electron chi connectivity index (χ4n) is 6.62. The lowest BCUT2D eigenvalue weighted by atomic mass is 9.89. The zero-order valence-electron chi connectivity index (χ0n) is 22.8. The Morgan fingerprint density at radius 3 is 2.54 bits per heavy atom. The summed E-state index contributed by atoms with van der Waals surface area (Å²) in [6.45, 7) is 4.29. The molecule has 0 bridgehead atoms. The van der Waals surface area contributed by atoms with E-state index >= 15 is 0 Å². The van der Waals surface area contributed by atoms with Crippen LogP contribution in [0.1, 0.15) is 55.7 Å². The second-order valence-electron chi connectivity index (χ2n) is 11.0. The quantitative estimate of drug-likeness (QED) is 0.322. The minimum absolute atomic E-state index is 0.159. The van der Waals surface area contributed by atoms with Gasteiger partial charge in [-0.05, 0) is 88.2 Å². The normalized spacial score (nSPS) is 16.4. The second kappa shape index (κ2) is 11.3. The first-order chi connectivity index (χ1) is 19.2. The Balaban J connectivity index is 1.12. The Morgan fingerprint density at radius 2 is 1.69 bits per heavy atom. The van der Waals surface area contributed by atoms with Gasteiger partial charge in [-0.2, -0.15) is 0 Å². The summed E-state index contributed by atoms with van der Waals surface area (Å²) in [5.41, 5.74) is 4.59. The number of aromatic amines is 1. The van der Waals surface area contributed by atoms with Gasteiger partial charge in [-0.15, -0.1) is 0 Å². The molecular formula is C32H38N4O3. The van der Waals surface area contributed by atoms with Gasteiger partial charge < -0.3 is 14.6 Å². The molecule has 204 valence electrons. The maximum Gasteiger partial charge on any atom is 0.331 e. The average Bonchev–Trinajstić information content (AvgIpc) is 3.42. The molecule has 0 saturated carbocycles. The van der Waals surface area contributed by atoms with Gasteiger partial charge in [0.2, 0.25) is 0 Å². The number of benzene rings is 2. The molecule has 2 aliphatic rings. The molecule has 1 saturated heterocycles. The number of fused-ring (bicyclic) bond motifs is 2. The summed E-state index contributed by atoms with van der Waals surface area (Å²) in [6.07, 6.45) is 8.99. The average molecular weight is 527 g/mol. The molecule has 0 spiro atoms. The van der Waals surface area contributed by atoms with Crippen molar-refractivity contribution in [3.05, 3.63) is 86.8 Å². The summed E-state index contributed by atoms with van der Waals surface area (Å²) >= 11 is 0. The van der Waals surface area contributed by atoms with E-state index in [1.165, 1.54) is 21.0 Å². The molecule has 1 fully saturated rings. The molecule has 7 heteroatoms. The number of ether oxygens (including phenoxy) is 1. The van der Waals surface area contributed by atoms with Crippen molar-refractivity contribution in [2.45, 2.75) is 64.0 Å². The van der Waals surface area contributed by atoms with Crippen LogP contribution in [0.5, 0.6) is 5.75 Å². The number of nitrogens with zero attached hydrogens (tertiary/aromatic N) is 3. The van der Waals surface area contributed by atoms with Crippen molar-refractivity contribution in [1.82, 2.24) is 19.0 Å². The lowest BCUT2D eigenvalue weighted by Gasteiger charge is -2.32. The molecule has 2 aromatic carbocycles. The smallest absolute Gasteiger partial charge is 0.331 e. The molecule has 2 aliphatic heterocycles. The maximum absolute atomic E-state index is 13.7. The lowest BCUT2D eigenvalue weighted by molar-refractivity contribution is 0.208. The molecule has 7 nitrogen and oxygen atoms in total. The van der Waals surface area contributed by atoms with E-state index in [9.17, 15) is 9.59 Å². The number of piperidine rings is 1. The Labute approximate surface area is 229 Å². The highest BCUT2D eigenvalue weighted by molar-refractivity contribution is 5.83. The largest absolute Gasteiger partial charge is 0.496 e. The van der Waals surface area contributed by atoms with E-state index in [2.05, 4.69) is 40.3 Å². The van der Waals surface area contributed by atoms with Crippen LogP contribution in [0.15, 0.2) is 64.3 Å². The van der Waals surface area contributed by atoms with Crippen molar-refractivity contribution in [3.63, 3.8) is 0 Å². The molecule has 1 N–H and O–H groups in total. The van der Waals surface area contributed by atoms with Crippen LogP contribution in [0.4, 0.5) is 0 Å². The van der Waals surface area contributed by atoms with Gasteiger partial charge in [0.05, 0.1) is 12.7 Å². The molecule has 0 amide bonds. The fourth-order valence-corrected chi connectivity index (χ4v) is 6.62. The van der Waals surface area contributed by atoms with Crippen LogP contribution in [-0.2, 0) is 19.5 Å². The number of aromatic nitrogens is 3. The number of likely N-dealkylation sites (tertiary alicyclic amines) is 1. The molecule has 4 heterocycles. The van der Waals surface area contributed by atoms with Crippen molar-refractivity contribution in [2.75, 3.05) is 26.7 Å². The third kappa shape index (κ3) is 4.96. The van der Waals surface area contributed by atoms with Crippen LogP contribution in [0.2, 0.25) is 0 Å². The monoisotopic (exact) mass is 526 g/mol. The van der Waals surface area contributed by atoms with E-state index in [1.807, 2.05) is 28.8 Å². The number of H-pyrrole nitrogens is 1. The van der Waals surface area contributed by atoms with Gasteiger partial charge >= 0.3 is 5.69 Å². The number of para-hydroxylation sites is 2. The van der Waals surface area contributed by atoms with Gasteiger partial charge in [0, 0.05) is 41.4 Å². The van der Waals surface area contributed by atoms with Crippen LogP contribution >= 0.6 is 0 Å². The first-order valence-electron chi connectivity index (χ1n) is 14.4. The predicted octanol–water partition coefficient (Wildman–Crippen LogP) is 5.16. The summed E-state index contributed by atoms with van der Waals surface area (Å²) < 4.78 is 8.90. The summed E-state index contributed by atoms with van der Waals surface area (Å²) in [4.78, 5) is 33.1. The molecule has 0 radical (unpaired) electrons. The van der Waals surface area contributed by atoms with Crippen molar-refractivity contribution < 1.29 is 4.74 Å². The second-order valence-corrected chi connectivity index (χ2v) is 11.0. The Bertz CT molecular complexity index is 1570.